The molecular weight excluding hydrogens is 184 g/mol. The van der Waals surface area contributed by atoms with Gasteiger partial charge in [0.05, 0.1) is 0 Å². The van der Waals surface area contributed by atoms with Crippen LogP contribution in [0.2, 0.25) is 0 Å². The van der Waals surface area contributed by atoms with Crippen LogP contribution < -0.4 is 5.73 Å². The summed E-state index contributed by atoms with van der Waals surface area (Å²) in [6, 6.07) is 1.01. The Morgan fingerprint density at radius 1 is 1.27 bits per heavy atom. The molecule has 2 nitrogen and oxygen atoms in total. The van der Waals surface area contributed by atoms with Crippen LogP contribution >= 0.6 is 0 Å². The SMILES string of the molecule is CCCC1CCN(C(C)CC(C)N)CC1. The van der Waals surface area contributed by atoms with E-state index in [1.807, 2.05) is 0 Å². The lowest BCUT2D eigenvalue weighted by atomic mass is 9.91. The second-order valence-corrected chi connectivity index (χ2v) is 5.33. The van der Waals surface area contributed by atoms with Crippen molar-refractivity contribution in [2.45, 2.75) is 65.0 Å². The third-order valence-corrected chi connectivity index (χ3v) is 3.68. The molecule has 0 bridgehead atoms. The molecule has 0 spiro atoms. The minimum absolute atomic E-state index is 0.341. The molecule has 2 unspecified atom stereocenters. The Morgan fingerprint density at radius 2 is 1.87 bits per heavy atom. The molecular formula is C13H28N2. The van der Waals surface area contributed by atoms with Gasteiger partial charge in [0.15, 0.2) is 0 Å². The standard InChI is InChI=1S/C13H28N2/c1-4-5-13-6-8-15(9-7-13)12(3)10-11(2)14/h11-13H,4-10,14H2,1-3H3. The van der Waals surface area contributed by atoms with E-state index >= 15 is 0 Å². The van der Waals surface area contributed by atoms with E-state index in [2.05, 4.69) is 25.7 Å². The van der Waals surface area contributed by atoms with Crippen molar-refractivity contribution in [3.63, 3.8) is 0 Å². The zero-order valence-corrected chi connectivity index (χ0v) is 10.7. The number of nitrogens with two attached hydrogens (primary N) is 1. The highest BCUT2D eigenvalue weighted by Crippen LogP contribution is 2.23. The summed E-state index contributed by atoms with van der Waals surface area (Å²) in [4.78, 5) is 2.62. The average molecular weight is 212 g/mol. The molecule has 1 aliphatic heterocycles. The molecule has 1 rings (SSSR count). The lowest BCUT2D eigenvalue weighted by Gasteiger charge is -2.36. The number of hydrogen-bond donors (Lipinski definition) is 1. The molecule has 1 aliphatic rings. The monoisotopic (exact) mass is 212 g/mol. The zero-order chi connectivity index (χ0) is 11.3. The zero-order valence-electron chi connectivity index (χ0n) is 10.7. The Bertz CT molecular complexity index is 160. The third kappa shape index (κ3) is 4.52. The average Bonchev–Trinajstić information content (AvgIpc) is 2.18. The van der Waals surface area contributed by atoms with Crippen LogP contribution in [0.15, 0.2) is 0 Å². The second kappa shape index (κ2) is 6.49. The van der Waals surface area contributed by atoms with E-state index in [9.17, 15) is 0 Å². The van der Waals surface area contributed by atoms with Gasteiger partial charge in [0, 0.05) is 12.1 Å². The Labute approximate surface area is 95.2 Å². The molecule has 0 amide bonds. The van der Waals surface area contributed by atoms with Crippen molar-refractivity contribution in [2.24, 2.45) is 11.7 Å². The van der Waals surface area contributed by atoms with Gasteiger partial charge in [0.25, 0.3) is 0 Å². The molecule has 2 heteroatoms. The topological polar surface area (TPSA) is 29.3 Å². The summed E-state index contributed by atoms with van der Waals surface area (Å²) in [5, 5.41) is 0. The van der Waals surface area contributed by atoms with Gasteiger partial charge >= 0.3 is 0 Å². The van der Waals surface area contributed by atoms with Crippen LogP contribution in [-0.2, 0) is 0 Å². The first-order valence-electron chi connectivity index (χ1n) is 6.63. The van der Waals surface area contributed by atoms with Gasteiger partial charge < -0.3 is 10.6 Å². The van der Waals surface area contributed by atoms with Gasteiger partial charge in [-0.25, -0.2) is 0 Å². The van der Waals surface area contributed by atoms with Crippen molar-refractivity contribution in [1.29, 1.82) is 0 Å². The molecule has 0 radical (unpaired) electrons. The number of likely N-dealkylation sites (tertiary alicyclic amines) is 1. The maximum Gasteiger partial charge on any atom is 0.00815 e. The molecule has 1 saturated heterocycles. The summed E-state index contributed by atoms with van der Waals surface area (Å²) in [5.74, 6) is 0.994. The highest BCUT2D eigenvalue weighted by Gasteiger charge is 2.22. The minimum atomic E-state index is 0.341. The Morgan fingerprint density at radius 3 is 2.33 bits per heavy atom. The Balaban J connectivity index is 2.24. The molecule has 1 fully saturated rings. The highest BCUT2D eigenvalue weighted by molar-refractivity contribution is 4.77. The predicted octanol–water partition coefficient (Wildman–Crippen LogP) is 2.62. The number of piperidine rings is 1. The molecule has 2 atom stereocenters. The van der Waals surface area contributed by atoms with Gasteiger partial charge in [-0.3, -0.25) is 0 Å². The van der Waals surface area contributed by atoms with Crippen molar-refractivity contribution in [3.8, 4) is 0 Å². The van der Waals surface area contributed by atoms with Crippen molar-refractivity contribution in [2.75, 3.05) is 13.1 Å². The van der Waals surface area contributed by atoms with E-state index in [0.29, 0.717) is 12.1 Å². The first kappa shape index (κ1) is 13.0. The predicted molar refractivity (Wildman–Crippen MR) is 66.9 cm³/mol. The molecule has 0 aromatic heterocycles. The summed E-state index contributed by atoms with van der Waals surface area (Å²) in [5.41, 5.74) is 5.85. The second-order valence-electron chi connectivity index (χ2n) is 5.33. The summed E-state index contributed by atoms with van der Waals surface area (Å²) < 4.78 is 0. The number of hydrogen-bond acceptors (Lipinski definition) is 2. The summed E-state index contributed by atoms with van der Waals surface area (Å²) >= 11 is 0. The fourth-order valence-corrected chi connectivity index (χ4v) is 2.78. The lowest BCUT2D eigenvalue weighted by Crippen LogP contribution is -2.42. The van der Waals surface area contributed by atoms with Crippen LogP contribution in [-0.4, -0.2) is 30.1 Å². The summed E-state index contributed by atoms with van der Waals surface area (Å²) in [6.07, 6.45) is 6.71. The maximum atomic E-state index is 5.85. The Hall–Kier alpha value is -0.0800. The van der Waals surface area contributed by atoms with Gasteiger partial charge in [0.2, 0.25) is 0 Å². The third-order valence-electron chi connectivity index (χ3n) is 3.68. The molecule has 90 valence electrons. The van der Waals surface area contributed by atoms with Crippen LogP contribution in [0.1, 0.15) is 52.9 Å². The number of nitrogens with zero attached hydrogens (tertiary/aromatic N) is 1. The fourth-order valence-electron chi connectivity index (χ4n) is 2.78. The van der Waals surface area contributed by atoms with E-state index in [1.54, 1.807) is 0 Å². The number of rotatable bonds is 5. The molecule has 0 aliphatic carbocycles. The fraction of sp³-hybridized carbons (Fsp3) is 1.00. The minimum Gasteiger partial charge on any atom is -0.328 e. The van der Waals surface area contributed by atoms with Crippen molar-refractivity contribution >= 4 is 0 Å². The van der Waals surface area contributed by atoms with Crippen molar-refractivity contribution in [1.82, 2.24) is 4.90 Å². The first-order chi connectivity index (χ1) is 7.13. The molecule has 0 aromatic rings. The largest absolute Gasteiger partial charge is 0.328 e. The Kier molecular flexibility index (Phi) is 5.62. The van der Waals surface area contributed by atoms with Gasteiger partial charge in [-0.05, 0) is 52.1 Å². The molecule has 0 saturated carbocycles. The summed E-state index contributed by atoms with van der Waals surface area (Å²) in [7, 11) is 0. The van der Waals surface area contributed by atoms with E-state index in [0.717, 1.165) is 12.3 Å². The van der Waals surface area contributed by atoms with E-state index in [4.69, 9.17) is 5.73 Å². The van der Waals surface area contributed by atoms with Crippen LogP contribution in [0.25, 0.3) is 0 Å². The van der Waals surface area contributed by atoms with E-state index < -0.39 is 0 Å². The van der Waals surface area contributed by atoms with Crippen molar-refractivity contribution in [3.05, 3.63) is 0 Å². The quantitative estimate of drug-likeness (QED) is 0.759. The maximum absolute atomic E-state index is 5.85. The first-order valence-corrected chi connectivity index (χ1v) is 6.63. The lowest BCUT2D eigenvalue weighted by molar-refractivity contribution is 0.128. The molecule has 0 aromatic carbocycles. The van der Waals surface area contributed by atoms with Gasteiger partial charge in [0.1, 0.15) is 0 Å². The van der Waals surface area contributed by atoms with Gasteiger partial charge in [-0.15, -0.1) is 0 Å². The normalized spacial score (nSPS) is 24.0. The van der Waals surface area contributed by atoms with Crippen LogP contribution in [0.3, 0.4) is 0 Å². The van der Waals surface area contributed by atoms with Crippen LogP contribution in [0.4, 0.5) is 0 Å². The van der Waals surface area contributed by atoms with E-state index in [1.165, 1.54) is 38.8 Å². The van der Waals surface area contributed by atoms with Crippen molar-refractivity contribution < 1.29 is 0 Å². The summed E-state index contributed by atoms with van der Waals surface area (Å²) in [6.45, 7) is 9.31. The highest BCUT2D eigenvalue weighted by atomic mass is 15.2. The molecule has 15 heavy (non-hydrogen) atoms. The van der Waals surface area contributed by atoms with Gasteiger partial charge in [-0.2, -0.15) is 0 Å². The van der Waals surface area contributed by atoms with Crippen LogP contribution in [0.5, 0.6) is 0 Å². The molecule has 2 N–H and O–H groups in total. The smallest absolute Gasteiger partial charge is 0.00815 e. The van der Waals surface area contributed by atoms with Crippen LogP contribution in [0, 0.1) is 5.92 Å². The van der Waals surface area contributed by atoms with Gasteiger partial charge in [-0.1, -0.05) is 19.8 Å². The molecule has 1 heterocycles. The van der Waals surface area contributed by atoms with E-state index in [-0.39, 0.29) is 0 Å².